The van der Waals surface area contributed by atoms with Gasteiger partial charge in [0.1, 0.15) is 0 Å². The second-order valence-corrected chi connectivity index (χ2v) is 9.99. The lowest BCUT2D eigenvalue weighted by Gasteiger charge is -2.17. The molecule has 1 aliphatic rings. The molecule has 2 unspecified atom stereocenters. The maximum absolute atomic E-state index is 12.7. The Labute approximate surface area is 179 Å². The van der Waals surface area contributed by atoms with Crippen LogP contribution in [-0.4, -0.2) is 38.1 Å². The van der Waals surface area contributed by atoms with Crippen LogP contribution in [0.2, 0.25) is 0 Å². The molecule has 1 fully saturated rings. The number of unbranched alkanes of at least 4 members (excludes halogenated alkanes) is 2. The van der Waals surface area contributed by atoms with Crippen LogP contribution in [0.5, 0.6) is 0 Å². The SMILES string of the molecule is CC(=O)c1cccc(S(=O)(=O)N(C)CCCCCC2CC(c3ccccc3)NN2)c1. The van der Waals surface area contributed by atoms with Gasteiger partial charge in [0.2, 0.25) is 10.0 Å². The van der Waals surface area contributed by atoms with Crippen molar-refractivity contribution in [3.63, 3.8) is 0 Å². The van der Waals surface area contributed by atoms with Crippen molar-refractivity contribution in [1.82, 2.24) is 15.2 Å². The Balaban J connectivity index is 1.40. The minimum absolute atomic E-state index is 0.140. The van der Waals surface area contributed by atoms with Gasteiger partial charge < -0.3 is 0 Å². The first-order chi connectivity index (χ1) is 14.4. The number of hydrogen-bond acceptors (Lipinski definition) is 5. The first-order valence-corrected chi connectivity index (χ1v) is 12.0. The molecule has 0 amide bonds. The fraction of sp³-hybridized carbons (Fsp3) is 0.435. The topological polar surface area (TPSA) is 78.5 Å². The highest BCUT2D eigenvalue weighted by atomic mass is 32.2. The minimum atomic E-state index is -3.58. The molecule has 30 heavy (non-hydrogen) atoms. The maximum atomic E-state index is 12.7. The fourth-order valence-corrected chi connectivity index (χ4v) is 5.05. The van der Waals surface area contributed by atoms with Crippen molar-refractivity contribution in [3.05, 3.63) is 65.7 Å². The standard InChI is InChI=1S/C23H31N3O3S/c1-18(27)20-12-9-14-22(16-20)30(28,29)26(2)15-8-4-7-13-21-17-23(25-24-21)19-10-5-3-6-11-19/h3,5-6,9-12,14,16,21,23-25H,4,7-8,13,15,17H2,1-2H3. The van der Waals surface area contributed by atoms with Gasteiger partial charge in [-0.1, -0.05) is 55.3 Å². The summed E-state index contributed by atoms with van der Waals surface area (Å²) in [6.45, 7) is 1.90. The number of hydrazine groups is 1. The summed E-state index contributed by atoms with van der Waals surface area (Å²) in [5, 5.41) is 0. The van der Waals surface area contributed by atoms with E-state index in [2.05, 4.69) is 35.1 Å². The van der Waals surface area contributed by atoms with E-state index in [1.807, 2.05) is 6.07 Å². The molecule has 2 aromatic carbocycles. The van der Waals surface area contributed by atoms with Gasteiger partial charge >= 0.3 is 0 Å². The van der Waals surface area contributed by atoms with Crippen molar-refractivity contribution in [1.29, 1.82) is 0 Å². The van der Waals surface area contributed by atoms with Crippen LogP contribution >= 0.6 is 0 Å². The van der Waals surface area contributed by atoms with Gasteiger partial charge in [0.25, 0.3) is 0 Å². The maximum Gasteiger partial charge on any atom is 0.242 e. The van der Waals surface area contributed by atoms with E-state index in [0.29, 0.717) is 24.2 Å². The first kappa shape index (κ1) is 22.6. The zero-order valence-corrected chi connectivity index (χ0v) is 18.5. The number of rotatable bonds is 10. The molecule has 2 N–H and O–H groups in total. The van der Waals surface area contributed by atoms with Crippen LogP contribution in [0.15, 0.2) is 59.5 Å². The predicted octanol–water partition coefficient (Wildman–Crippen LogP) is 3.68. The van der Waals surface area contributed by atoms with Gasteiger partial charge in [0, 0.05) is 31.2 Å². The van der Waals surface area contributed by atoms with E-state index in [9.17, 15) is 13.2 Å². The van der Waals surface area contributed by atoms with Gasteiger partial charge in [-0.05, 0) is 43.9 Å². The van der Waals surface area contributed by atoms with Gasteiger partial charge in [-0.3, -0.25) is 15.6 Å². The lowest BCUT2D eigenvalue weighted by molar-refractivity contribution is 0.101. The third-order valence-corrected chi connectivity index (χ3v) is 7.51. The average molecular weight is 430 g/mol. The van der Waals surface area contributed by atoms with E-state index in [0.717, 1.165) is 32.1 Å². The molecule has 0 spiro atoms. The van der Waals surface area contributed by atoms with Crippen molar-refractivity contribution in [2.75, 3.05) is 13.6 Å². The Morgan fingerprint density at radius 3 is 2.53 bits per heavy atom. The molecule has 0 aliphatic carbocycles. The van der Waals surface area contributed by atoms with Gasteiger partial charge in [0.15, 0.2) is 5.78 Å². The molecule has 2 aromatic rings. The average Bonchev–Trinajstić information content (AvgIpc) is 3.23. The van der Waals surface area contributed by atoms with E-state index >= 15 is 0 Å². The molecule has 0 radical (unpaired) electrons. The number of ketones is 1. The van der Waals surface area contributed by atoms with E-state index in [1.54, 1.807) is 25.2 Å². The minimum Gasteiger partial charge on any atom is -0.295 e. The number of sulfonamides is 1. The molecule has 0 aromatic heterocycles. The predicted molar refractivity (Wildman–Crippen MR) is 119 cm³/mol. The van der Waals surface area contributed by atoms with E-state index in [4.69, 9.17) is 0 Å². The molecular formula is C23H31N3O3S. The van der Waals surface area contributed by atoms with E-state index < -0.39 is 10.0 Å². The molecule has 0 bridgehead atoms. The zero-order chi connectivity index (χ0) is 21.6. The van der Waals surface area contributed by atoms with Crippen LogP contribution in [0, 0.1) is 0 Å². The highest BCUT2D eigenvalue weighted by Gasteiger charge is 2.24. The van der Waals surface area contributed by atoms with Crippen LogP contribution in [0.3, 0.4) is 0 Å². The summed E-state index contributed by atoms with van der Waals surface area (Å²) >= 11 is 0. The van der Waals surface area contributed by atoms with Crippen LogP contribution in [0.1, 0.15) is 61.0 Å². The normalized spacial score (nSPS) is 19.3. The number of carbonyl (C=O) groups is 1. The highest BCUT2D eigenvalue weighted by molar-refractivity contribution is 7.89. The van der Waals surface area contributed by atoms with Gasteiger partial charge in [-0.25, -0.2) is 12.7 Å². The monoisotopic (exact) mass is 429 g/mol. The molecule has 7 heteroatoms. The Kier molecular flexibility index (Phi) is 7.77. The largest absolute Gasteiger partial charge is 0.295 e. The number of nitrogens with zero attached hydrogens (tertiary/aromatic N) is 1. The summed E-state index contributed by atoms with van der Waals surface area (Å²) in [6.07, 6.45) is 4.96. The molecule has 1 heterocycles. The van der Waals surface area contributed by atoms with Crippen LogP contribution in [-0.2, 0) is 10.0 Å². The number of Topliss-reactive ketones (excluding diaryl/α,β-unsaturated/α-hetero) is 1. The molecule has 2 atom stereocenters. The Bertz CT molecular complexity index is 947. The Morgan fingerprint density at radius 1 is 1.03 bits per heavy atom. The first-order valence-electron chi connectivity index (χ1n) is 10.5. The fourth-order valence-electron chi connectivity index (χ4n) is 3.79. The van der Waals surface area contributed by atoms with Crippen molar-refractivity contribution >= 4 is 15.8 Å². The van der Waals surface area contributed by atoms with Gasteiger partial charge in [0.05, 0.1) is 4.90 Å². The molecule has 1 aliphatic heterocycles. The second kappa shape index (κ2) is 10.3. The third kappa shape index (κ3) is 5.76. The molecular weight excluding hydrogens is 398 g/mol. The summed E-state index contributed by atoms with van der Waals surface area (Å²) < 4.78 is 26.9. The van der Waals surface area contributed by atoms with Crippen molar-refractivity contribution in [2.24, 2.45) is 0 Å². The lowest BCUT2D eigenvalue weighted by Crippen LogP contribution is -2.30. The summed E-state index contributed by atoms with van der Waals surface area (Å²) in [6, 6.07) is 17.5. The summed E-state index contributed by atoms with van der Waals surface area (Å²) in [4.78, 5) is 11.7. The smallest absolute Gasteiger partial charge is 0.242 e. The van der Waals surface area contributed by atoms with E-state index in [-0.39, 0.29) is 10.7 Å². The van der Waals surface area contributed by atoms with Crippen LogP contribution < -0.4 is 10.9 Å². The van der Waals surface area contributed by atoms with Crippen molar-refractivity contribution in [3.8, 4) is 0 Å². The van der Waals surface area contributed by atoms with E-state index in [1.165, 1.54) is 22.9 Å². The van der Waals surface area contributed by atoms with Gasteiger partial charge in [-0.15, -0.1) is 0 Å². The van der Waals surface area contributed by atoms with Crippen molar-refractivity contribution < 1.29 is 13.2 Å². The van der Waals surface area contributed by atoms with Crippen LogP contribution in [0.25, 0.3) is 0 Å². The molecule has 3 rings (SSSR count). The Hall–Kier alpha value is -2.06. The quantitative estimate of drug-likeness (QED) is 0.445. The highest BCUT2D eigenvalue weighted by Crippen LogP contribution is 2.24. The lowest BCUT2D eigenvalue weighted by atomic mass is 9.99. The number of benzene rings is 2. The summed E-state index contributed by atoms with van der Waals surface area (Å²) in [5.74, 6) is -0.140. The third-order valence-electron chi connectivity index (χ3n) is 5.66. The van der Waals surface area contributed by atoms with Crippen molar-refractivity contribution in [2.45, 2.75) is 56.0 Å². The van der Waals surface area contributed by atoms with Crippen LogP contribution in [0.4, 0.5) is 0 Å². The molecule has 6 nitrogen and oxygen atoms in total. The summed E-state index contributed by atoms with van der Waals surface area (Å²) in [7, 11) is -1.98. The Morgan fingerprint density at radius 2 is 1.80 bits per heavy atom. The molecule has 1 saturated heterocycles. The molecule has 162 valence electrons. The zero-order valence-electron chi connectivity index (χ0n) is 17.7. The molecule has 0 saturated carbocycles. The number of carbonyl (C=O) groups excluding carboxylic acids is 1. The second-order valence-electron chi connectivity index (χ2n) is 7.94. The summed E-state index contributed by atoms with van der Waals surface area (Å²) in [5.41, 5.74) is 8.46. The number of hydrogen-bond donors (Lipinski definition) is 2. The number of nitrogens with one attached hydrogen (secondary N) is 2. The van der Waals surface area contributed by atoms with Gasteiger partial charge in [-0.2, -0.15) is 0 Å².